The molecule has 0 saturated carbocycles. The van der Waals surface area contributed by atoms with Gasteiger partial charge in [-0.15, -0.1) is 11.3 Å². The van der Waals surface area contributed by atoms with E-state index >= 15 is 0 Å². The maximum absolute atomic E-state index is 12.1. The molecule has 0 atom stereocenters. The molecule has 0 aromatic carbocycles. The Bertz CT molecular complexity index is 536. The summed E-state index contributed by atoms with van der Waals surface area (Å²) < 4.78 is 0. The van der Waals surface area contributed by atoms with Gasteiger partial charge in [0.1, 0.15) is 0 Å². The van der Waals surface area contributed by atoms with Crippen molar-refractivity contribution in [3.8, 4) is 0 Å². The minimum Gasteiger partial charge on any atom is -0.478 e. The molecule has 2 N–H and O–H groups in total. The molecule has 0 fully saturated rings. The molecule has 20 heavy (non-hydrogen) atoms. The molecule has 0 aliphatic carbocycles. The van der Waals surface area contributed by atoms with E-state index in [1.807, 2.05) is 0 Å². The van der Waals surface area contributed by atoms with Crippen molar-refractivity contribution in [2.75, 3.05) is 20.1 Å². The summed E-state index contributed by atoms with van der Waals surface area (Å²) in [7, 11) is 1.55. The van der Waals surface area contributed by atoms with E-state index in [4.69, 9.17) is 5.11 Å². The van der Waals surface area contributed by atoms with E-state index in [0.717, 1.165) is 6.08 Å². The van der Waals surface area contributed by atoms with Crippen molar-refractivity contribution in [3.05, 3.63) is 28.0 Å². The molecule has 0 bridgehead atoms. The zero-order valence-corrected chi connectivity index (χ0v) is 12.1. The summed E-state index contributed by atoms with van der Waals surface area (Å²) in [5.74, 6) is -1.53. The molecule has 0 unspecified atom stereocenters. The van der Waals surface area contributed by atoms with Gasteiger partial charge in [-0.2, -0.15) is 0 Å². The predicted molar refractivity (Wildman–Crippen MR) is 76.6 cm³/mol. The van der Waals surface area contributed by atoms with Crippen molar-refractivity contribution in [2.45, 2.75) is 6.92 Å². The highest BCUT2D eigenvalue weighted by Crippen LogP contribution is 2.19. The van der Waals surface area contributed by atoms with Crippen LogP contribution in [0.4, 0.5) is 0 Å². The van der Waals surface area contributed by atoms with Gasteiger partial charge in [-0.1, -0.05) is 0 Å². The number of carbonyl (C=O) groups is 3. The monoisotopic (exact) mass is 296 g/mol. The summed E-state index contributed by atoms with van der Waals surface area (Å²) in [6.45, 7) is 2.31. The second-order valence-electron chi connectivity index (χ2n) is 3.99. The van der Waals surface area contributed by atoms with E-state index in [0.29, 0.717) is 16.3 Å². The third kappa shape index (κ3) is 4.85. The Morgan fingerprint density at radius 3 is 2.70 bits per heavy atom. The van der Waals surface area contributed by atoms with E-state index in [1.54, 1.807) is 26.1 Å². The maximum atomic E-state index is 12.1. The zero-order chi connectivity index (χ0) is 15.1. The Morgan fingerprint density at radius 1 is 1.40 bits per heavy atom. The molecular formula is C13H16N2O4S. The normalized spacial score (nSPS) is 10.5. The van der Waals surface area contributed by atoms with Crippen LogP contribution >= 0.6 is 11.3 Å². The Balaban J connectivity index is 2.68. The van der Waals surface area contributed by atoms with Crippen LogP contribution in [0.1, 0.15) is 21.5 Å². The number of hydrogen-bond acceptors (Lipinski definition) is 4. The fourth-order valence-electron chi connectivity index (χ4n) is 1.44. The van der Waals surface area contributed by atoms with Crippen LogP contribution in [0, 0.1) is 0 Å². The summed E-state index contributed by atoms with van der Waals surface area (Å²) in [5, 5.41) is 11.1. The van der Waals surface area contributed by atoms with Gasteiger partial charge in [0.15, 0.2) is 0 Å². The molecule has 0 aliphatic heterocycles. The molecule has 0 spiro atoms. The first kappa shape index (κ1) is 15.9. The summed E-state index contributed by atoms with van der Waals surface area (Å²) in [5.41, 5.74) is 0. The van der Waals surface area contributed by atoms with E-state index in [1.165, 1.54) is 22.3 Å². The molecule has 2 amide bonds. The molecule has 0 radical (unpaired) electrons. The van der Waals surface area contributed by atoms with Gasteiger partial charge in [-0.25, -0.2) is 4.79 Å². The summed E-state index contributed by atoms with van der Waals surface area (Å²) in [4.78, 5) is 36.3. The van der Waals surface area contributed by atoms with Crippen LogP contribution in [0.2, 0.25) is 0 Å². The topological polar surface area (TPSA) is 86.7 Å². The predicted octanol–water partition coefficient (Wildman–Crippen LogP) is 1.05. The first-order chi connectivity index (χ1) is 9.43. The van der Waals surface area contributed by atoms with Crippen LogP contribution in [-0.4, -0.2) is 47.9 Å². The number of nitrogens with one attached hydrogen (secondary N) is 1. The number of hydrogen-bond donors (Lipinski definition) is 2. The van der Waals surface area contributed by atoms with E-state index in [2.05, 4.69) is 5.32 Å². The third-order valence-electron chi connectivity index (χ3n) is 2.33. The lowest BCUT2D eigenvalue weighted by molar-refractivity contribution is -0.131. The van der Waals surface area contributed by atoms with Crippen LogP contribution in [0.15, 0.2) is 18.2 Å². The molecule has 0 aliphatic rings. The molecule has 1 aromatic heterocycles. The van der Waals surface area contributed by atoms with Crippen molar-refractivity contribution in [1.82, 2.24) is 10.2 Å². The van der Waals surface area contributed by atoms with Crippen molar-refractivity contribution in [2.24, 2.45) is 0 Å². The molecule has 7 heteroatoms. The SMILES string of the molecule is CCNC(=O)CN(C)C(=O)c1ccc(C=CC(=O)O)s1. The van der Waals surface area contributed by atoms with Crippen LogP contribution in [0.25, 0.3) is 6.08 Å². The van der Waals surface area contributed by atoms with Gasteiger partial charge in [0, 0.05) is 24.5 Å². The highest BCUT2D eigenvalue weighted by atomic mass is 32.1. The average molecular weight is 296 g/mol. The van der Waals surface area contributed by atoms with E-state index in [-0.39, 0.29) is 18.4 Å². The number of thiophene rings is 1. The lowest BCUT2D eigenvalue weighted by Gasteiger charge is -2.15. The smallest absolute Gasteiger partial charge is 0.328 e. The number of carboxylic acids is 1. The Hall–Kier alpha value is -2.15. The van der Waals surface area contributed by atoms with Crippen LogP contribution in [0.3, 0.4) is 0 Å². The molecule has 108 valence electrons. The number of amides is 2. The molecule has 1 rings (SSSR count). The van der Waals surface area contributed by atoms with Crippen LogP contribution < -0.4 is 5.32 Å². The second-order valence-corrected chi connectivity index (χ2v) is 5.10. The Morgan fingerprint density at radius 2 is 2.10 bits per heavy atom. The Labute approximate surface area is 120 Å². The van der Waals surface area contributed by atoms with Gasteiger partial charge in [-0.05, 0) is 25.1 Å². The van der Waals surface area contributed by atoms with E-state index in [9.17, 15) is 14.4 Å². The van der Waals surface area contributed by atoms with Crippen molar-refractivity contribution in [3.63, 3.8) is 0 Å². The quantitative estimate of drug-likeness (QED) is 0.768. The summed E-state index contributed by atoms with van der Waals surface area (Å²) in [6.07, 6.45) is 2.44. The average Bonchev–Trinajstić information content (AvgIpc) is 2.84. The molecule has 0 saturated heterocycles. The lowest BCUT2D eigenvalue weighted by atomic mass is 10.3. The lowest BCUT2D eigenvalue weighted by Crippen LogP contribution is -2.37. The highest BCUT2D eigenvalue weighted by Gasteiger charge is 2.16. The Kier molecular flexibility index (Phi) is 5.92. The number of rotatable bonds is 6. The number of likely N-dealkylation sites (N-methyl/N-ethyl adjacent to an activating group) is 2. The molecule has 1 aromatic rings. The van der Waals surface area contributed by atoms with Gasteiger partial charge in [-0.3, -0.25) is 9.59 Å². The van der Waals surface area contributed by atoms with Crippen LogP contribution in [-0.2, 0) is 9.59 Å². The number of aliphatic carboxylic acids is 1. The fourth-order valence-corrected chi connectivity index (χ4v) is 2.34. The van der Waals surface area contributed by atoms with Gasteiger partial charge in [0.05, 0.1) is 11.4 Å². The van der Waals surface area contributed by atoms with Gasteiger partial charge in [0.25, 0.3) is 5.91 Å². The van der Waals surface area contributed by atoms with Crippen molar-refractivity contribution >= 4 is 35.2 Å². The number of carboxylic acid groups (broad SMARTS) is 1. The summed E-state index contributed by atoms with van der Waals surface area (Å²) in [6, 6.07) is 3.28. The first-order valence-electron chi connectivity index (χ1n) is 5.97. The molecule has 1 heterocycles. The standard InChI is InChI=1S/C13H16N2O4S/c1-3-14-11(16)8-15(2)13(19)10-6-4-9(20-10)5-7-12(17)18/h4-7H,3,8H2,1-2H3,(H,14,16)(H,17,18). The van der Waals surface area contributed by atoms with Gasteiger partial charge in [0.2, 0.25) is 5.91 Å². The minimum absolute atomic E-state index is 0.00906. The van der Waals surface area contributed by atoms with Crippen molar-refractivity contribution in [1.29, 1.82) is 0 Å². The maximum Gasteiger partial charge on any atom is 0.328 e. The molecule has 6 nitrogen and oxygen atoms in total. The van der Waals surface area contributed by atoms with Crippen LogP contribution in [0.5, 0.6) is 0 Å². The van der Waals surface area contributed by atoms with Gasteiger partial charge >= 0.3 is 5.97 Å². The number of nitrogens with zero attached hydrogens (tertiary/aromatic N) is 1. The highest BCUT2D eigenvalue weighted by molar-refractivity contribution is 7.14. The fraction of sp³-hybridized carbons (Fsp3) is 0.308. The first-order valence-corrected chi connectivity index (χ1v) is 6.78. The third-order valence-corrected chi connectivity index (χ3v) is 3.37. The van der Waals surface area contributed by atoms with Gasteiger partial charge < -0.3 is 15.3 Å². The number of carbonyl (C=O) groups excluding carboxylic acids is 2. The second kappa shape index (κ2) is 7.44. The molecular weight excluding hydrogens is 280 g/mol. The van der Waals surface area contributed by atoms with E-state index < -0.39 is 5.97 Å². The minimum atomic E-state index is -1.04. The largest absolute Gasteiger partial charge is 0.478 e. The summed E-state index contributed by atoms with van der Waals surface area (Å²) >= 11 is 1.18. The zero-order valence-electron chi connectivity index (χ0n) is 11.3. The van der Waals surface area contributed by atoms with Crippen molar-refractivity contribution < 1.29 is 19.5 Å².